The molecule has 0 aliphatic heterocycles. The summed E-state index contributed by atoms with van der Waals surface area (Å²) >= 11 is 0. The second-order valence-electron chi connectivity index (χ2n) is 7.27. The summed E-state index contributed by atoms with van der Waals surface area (Å²) in [4.78, 5) is 18.3. The fraction of sp³-hybridized carbons (Fsp3) is 0.304. The van der Waals surface area contributed by atoms with Gasteiger partial charge in [-0.25, -0.2) is 13.8 Å². The van der Waals surface area contributed by atoms with E-state index in [0.29, 0.717) is 23.6 Å². The van der Waals surface area contributed by atoms with E-state index >= 15 is 0 Å². The zero-order chi connectivity index (χ0) is 21.1. The van der Waals surface area contributed by atoms with Crippen LogP contribution in [0.25, 0.3) is 11.3 Å². The average Bonchev–Trinajstić information content (AvgIpc) is 3.18. The third kappa shape index (κ3) is 4.70. The Kier molecular flexibility index (Phi) is 6.11. The molecule has 152 valence electrons. The Morgan fingerprint density at radius 1 is 1.10 bits per heavy atom. The van der Waals surface area contributed by atoms with Gasteiger partial charge >= 0.3 is 0 Å². The van der Waals surface area contributed by atoms with Gasteiger partial charge in [0.1, 0.15) is 0 Å². The van der Waals surface area contributed by atoms with Gasteiger partial charge in [0, 0.05) is 25.5 Å². The predicted octanol–water partition coefficient (Wildman–Crippen LogP) is 5.39. The van der Waals surface area contributed by atoms with E-state index in [1.54, 1.807) is 20.2 Å². The lowest BCUT2D eigenvalue weighted by Gasteiger charge is -2.25. The number of carbonyl (C=O) groups excluding carboxylic acids is 1. The molecule has 0 aliphatic carbocycles. The Bertz CT molecular complexity index is 1030. The summed E-state index contributed by atoms with van der Waals surface area (Å²) in [7, 11) is 1.64. The molecule has 6 heteroatoms. The second-order valence-corrected chi connectivity index (χ2v) is 7.27. The molecule has 0 aliphatic rings. The Labute approximate surface area is 169 Å². The van der Waals surface area contributed by atoms with Crippen molar-refractivity contribution in [2.24, 2.45) is 0 Å². The Morgan fingerprint density at radius 3 is 2.55 bits per heavy atom. The SMILES string of the molecule is Cc1ccc(-c2cnc(CCC(=O)N(C)C(C)c3ccc(F)c(F)c3)o2)cc1C. The van der Waals surface area contributed by atoms with Crippen LogP contribution in [0.3, 0.4) is 0 Å². The molecular weight excluding hydrogens is 374 g/mol. The molecule has 1 amide bonds. The summed E-state index contributed by atoms with van der Waals surface area (Å²) < 4.78 is 32.4. The van der Waals surface area contributed by atoms with Crippen LogP contribution in [0.15, 0.2) is 47.0 Å². The largest absolute Gasteiger partial charge is 0.441 e. The molecule has 1 unspecified atom stereocenters. The van der Waals surface area contributed by atoms with E-state index in [0.717, 1.165) is 17.7 Å². The summed E-state index contributed by atoms with van der Waals surface area (Å²) in [6, 6.07) is 9.35. The lowest BCUT2D eigenvalue weighted by Crippen LogP contribution is -2.30. The van der Waals surface area contributed by atoms with E-state index in [1.165, 1.54) is 22.1 Å². The molecule has 0 N–H and O–H groups in total. The molecule has 0 saturated heterocycles. The number of hydrogen-bond donors (Lipinski definition) is 0. The van der Waals surface area contributed by atoms with Crippen molar-refractivity contribution < 1.29 is 18.0 Å². The van der Waals surface area contributed by atoms with Gasteiger partial charge in [0.2, 0.25) is 5.91 Å². The number of halogens is 2. The Hall–Kier alpha value is -3.02. The van der Waals surface area contributed by atoms with E-state index in [2.05, 4.69) is 4.98 Å². The summed E-state index contributed by atoms with van der Waals surface area (Å²) in [6.45, 7) is 5.86. The standard InChI is InChI=1S/C23H24F2N2O2/c1-14-5-6-18(11-15(14)2)21-13-26-22(29-21)9-10-23(28)27(4)16(3)17-7-8-19(24)20(25)12-17/h5-8,11-13,16H,9-10H2,1-4H3. The van der Waals surface area contributed by atoms with Crippen molar-refractivity contribution in [2.45, 2.75) is 39.7 Å². The maximum atomic E-state index is 13.5. The second kappa shape index (κ2) is 8.55. The zero-order valence-electron chi connectivity index (χ0n) is 17.0. The van der Waals surface area contributed by atoms with Crippen molar-refractivity contribution >= 4 is 5.91 Å². The summed E-state index contributed by atoms with van der Waals surface area (Å²) in [5.74, 6) is -0.806. The van der Waals surface area contributed by atoms with Crippen LogP contribution >= 0.6 is 0 Å². The lowest BCUT2D eigenvalue weighted by atomic mass is 10.1. The van der Waals surface area contributed by atoms with Crippen molar-refractivity contribution in [3.05, 3.63) is 76.8 Å². The van der Waals surface area contributed by atoms with Gasteiger partial charge < -0.3 is 9.32 Å². The topological polar surface area (TPSA) is 46.3 Å². The number of carbonyl (C=O) groups is 1. The van der Waals surface area contributed by atoms with E-state index in [-0.39, 0.29) is 18.4 Å². The van der Waals surface area contributed by atoms with E-state index in [1.807, 2.05) is 32.0 Å². The molecule has 0 bridgehead atoms. The van der Waals surface area contributed by atoms with Crippen LogP contribution in [0, 0.1) is 25.5 Å². The fourth-order valence-corrected chi connectivity index (χ4v) is 3.06. The first kappa shape index (κ1) is 20.7. The molecule has 1 heterocycles. The van der Waals surface area contributed by atoms with Crippen LogP contribution in [-0.4, -0.2) is 22.8 Å². The molecule has 4 nitrogen and oxygen atoms in total. The van der Waals surface area contributed by atoms with E-state index < -0.39 is 11.6 Å². The molecule has 1 aromatic heterocycles. The number of aryl methyl sites for hydroxylation is 3. The summed E-state index contributed by atoms with van der Waals surface area (Å²) in [6.07, 6.45) is 2.23. The monoisotopic (exact) mass is 398 g/mol. The number of amides is 1. The smallest absolute Gasteiger partial charge is 0.223 e. The van der Waals surface area contributed by atoms with Crippen molar-refractivity contribution in [1.29, 1.82) is 0 Å². The van der Waals surface area contributed by atoms with Crippen molar-refractivity contribution in [3.63, 3.8) is 0 Å². The Morgan fingerprint density at radius 2 is 1.86 bits per heavy atom. The highest BCUT2D eigenvalue weighted by Crippen LogP contribution is 2.24. The van der Waals surface area contributed by atoms with Crippen molar-refractivity contribution in [2.75, 3.05) is 7.05 Å². The first-order chi connectivity index (χ1) is 13.8. The predicted molar refractivity (Wildman–Crippen MR) is 107 cm³/mol. The number of rotatable bonds is 6. The maximum Gasteiger partial charge on any atom is 0.223 e. The molecule has 1 atom stereocenters. The van der Waals surface area contributed by atoms with E-state index in [9.17, 15) is 13.6 Å². The maximum absolute atomic E-state index is 13.5. The van der Waals surface area contributed by atoms with Gasteiger partial charge in [-0.2, -0.15) is 0 Å². The molecule has 29 heavy (non-hydrogen) atoms. The number of nitrogens with zero attached hydrogens (tertiary/aromatic N) is 2. The zero-order valence-corrected chi connectivity index (χ0v) is 17.0. The van der Waals surface area contributed by atoms with Crippen LogP contribution in [-0.2, 0) is 11.2 Å². The van der Waals surface area contributed by atoms with E-state index in [4.69, 9.17) is 4.42 Å². The highest BCUT2D eigenvalue weighted by Gasteiger charge is 2.19. The minimum absolute atomic E-state index is 0.131. The highest BCUT2D eigenvalue weighted by molar-refractivity contribution is 5.76. The number of aromatic nitrogens is 1. The molecular formula is C23H24F2N2O2. The lowest BCUT2D eigenvalue weighted by molar-refractivity contribution is -0.131. The number of oxazole rings is 1. The van der Waals surface area contributed by atoms with Gasteiger partial charge in [-0.1, -0.05) is 18.2 Å². The van der Waals surface area contributed by atoms with Crippen molar-refractivity contribution in [3.8, 4) is 11.3 Å². The molecule has 0 fully saturated rings. The molecule has 0 spiro atoms. The van der Waals surface area contributed by atoms with Crippen LogP contribution in [0.5, 0.6) is 0 Å². The van der Waals surface area contributed by atoms with Crippen LogP contribution in [0.2, 0.25) is 0 Å². The Balaban J connectivity index is 1.62. The third-order valence-corrected chi connectivity index (χ3v) is 5.30. The average molecular weight is 398 g/mol. The van der Waals surface area contributed by atoms with Gasteiger partial charge in [-0.15, -0.1) is 0 Å². The van der Waals surface area contributed by atoms with Gasteiger partial charge in [-0.05, 0) is 55.7 Å². The molecule has 3 rings (SSSR count). The van der Waals surface area contributed by atoms with Crippen molar-refractivity contribution in [1.82, 2.24) is 9.88 Å². The van der Waals surface area contributed by atoms with Gasteiger partial charge in [-0.3, -0.25) is 4.79 Å². The van der Waals surface area contributed by atoms with Crippen LogP contribution in [0.4, 0.5) is 8.78 Å². The minimum Gasteiger partial charge on any atom is -0.441 e. The molecule has 2 aromatic carbocycles. The van der Waals surface area contributed by atoms with Gasteiger partial charge in [0.15, 0.2) is 23.3 Å². The summed E-state index contributed by atoms with van der Waals surface area (Å²) in [5, 5.41) is 0. The molecule has 0 radical (unpaired) electrons. The van der Waals surface area contributed by atoms with Gasteiger partial charge in [0.05, 0.1) is 12.2 Å². The number of benzene rings is 2. The third-order valence-electron chi connectivity index (χ3n) is 5.30. The molecule has 3 aromatic rings. The van der Waals surface area contributed by atoms with Gasteiger partial charge in [0.25, 0.3) is 0 Å². The fourth-order valence-electron chi connectivity index (χ4n) is 3.06. The first-order valence-corrected chi connectivity index (χ1v) is 9.49. The normalized spacial score (nSPS) is 12.1. The summed E-state index contributed by atoms with van der Waals surface area (Å²) in [5.41, 5.74) is 3.86. The quantitative estimate of drug-likeness (QED) is 0.559. The molecule has 0 saturated carbocycles. The van der Waals surface area contributed by atoms with Crippen LogP contribution in [0.1, 0.15) is 42.0 Å². The highest BCUT2D eigenvalue weighted by atomic mass is 19.2. The van der Waals surface area contributed by atoms with Crippen LogP contribution < -0.4 is 0 Å². The minimum atomic E-state index is -0.922. The number of hydrogen-bond acceptors (Lipinski definition) is 3. The first-order valence-electron chi connectivity index (χ1n) is 9.49.